The third kappa shape index (κ3) is 6.86. The van der Waals surface area contributed by atoms with Gasteiger partial charge in [-0.25, -0.2) is 4.79 Å². The molecule has 0 aliphatic carbocycles. The lowest BCUT2D eigenvalue weighted by atomic mass is 10.2. The van der Waals surface area contributed by atoms with Crippen molar-refractivity contribution in [1.29, 1.82) is 0 Å². The third-order valence-electron chi connectivity index (χ3n) is 3.38. The number of ether oxygens (including phenoxy) is 2. The lowest BCUT2D eigenvalue weighted by Gasteiger charge is -2.36. The molecule has 0 unspecified atom stereocenters. The molecule has 0 aliphatic heterocycles. The maximum absolute atomic E-state index is 11.3. The molecule has 0 amide bonds. The van der Waals surface area contributed by atoms with Crippen LogP contribution in [0.5, 0.6) is 0 Å². The van der Waals surface area contributed by atoms with E-state index >= 15 is 0 Å². The number of hydrogen-bond donors (Lipinski definition) is 0. The van der Waals surface area contributed by atoms with Gasteiger partial charge in [-0.2, -0.15) is 0 Å². The zero-order valence-corrected chi connectivity index (χ0v) is 14.3. The maximum Gasteiger partial charge on any atom is 0.333 e. The first-order valence-electron chi connectivity index (χ1n) is 6.63. The molecule has 0 atom stereocenters. The van der Waals surface area contributed by atoms with Crippen molar-refractivity contribution >= 4 is 20.6 Å². The average Bonchev–Trinajstić information content (AvgIpc) is 2.34. The van der Waals surface area contributed by atoms with Gasteiger partial charge in [0.15, 0.2) is 8.32 Å². The summed E-state index contributed by atoms with van der Waals surface area (Å²) in [6, 6.07) is 0. The minimum absolute atomic E-state index is 0.0756. The van der Waals surface area contributed by atoms with E-state index in [4.69, 9.17) is 9.16 Å². The molecular weight excluding hydrogens is 276 g/mol. The highest BCUT2D eigenvalue weighted by Gasteiger charge is 2.37. The minimum Gasteiger partial charge on any atom is -0.495 e. The fourth-order valence-corrected chi connectivity index (χ4v) is 1.96. The maximum atomic E-state index is 11.3. The van der Waals surface area contributed by atoms with Crippen molar-refractivity contribution in [2.75, 3.05) is 20.3 Å². The van der Waals surface area contributed by atoms with Crippen LogP contribution in [0.15, 0.2) is 11.8 Å². The second kappa shape index (κ2) is 8.21. The Kier molecular flexibility index (Phi) is 7.74. The molecule has 5 nitrogen and oxygen atoms in total. The van der Waals surface area contributed by atoms with Crippen LogP contribution in [0.2, 0.25) is 18.1 Å². The Morgan fingerprint density at radius 2 is 1.85 bits per heavy atom. The van der Waals surface area contributed by atoms with E-state index in [0.29, 0.717) is 5.76 Å². The Balaban J connectivity index is 4.69. The van der Waals surface area contributed by atoms with Crippen LogP contribution in [0.25, 0.3) is 0 Å². The summed E-state index contributed by atoms with van der Waals surface area (Å²) in [4.78, 5) is 21.6. The van der Waals surface area contributed by atoms with Crippen molar-refractivity contribution in [1.82, 2.24) is 0 Å². The Bertz CT molecular complexity index is 355. The summed E-state index contributed by atoms with van der Waals surface area (Å²) >= 11 is 0. The van der Waals surface area contributed by atoms with Crippen LogP contribution in [0.3, 0.4) is 0 Å². The number of aldehydes is 1. The van der Waals surface area contributed by atoms with Gasteiger partial charge in [-0.15, -0.1) is 0 Å². The van der Waals surface area contributed by atoms with Crippen LogP contribution in [-0.2, 0) is 23.5 Å². The molecule has 116 valence electrons. The molecule has 0 fully saturated rings. The van der Waals surface area contributed by atoms with E-state index in [9.17, 15) is 9.59 Å². The van der Waals surface area contributed by atoms with Gasteiger partial charge in [-0.05, 0) is 18.1 Å². The molecule has 0 aromatic rings. The van der Waals surface area contributed by atoms with Gasteiger partial charge in [0.2, 0.25) is 0 Å². The van der Waals surface area contributed by atoms with Crippen molar-refractivity contribution in [3.05, 3.63) is 11.8 Å². The Morgan fingerprint density at radius 1 is 1.25 bits per heavy atom. The van der Waals surface area contributed by atoms with E-state index in [1.54, 1.807) is 0 Å². The Labute approximate surface area is 122 Å². The first kappa shape index (κ1) is 18.9. The highest BCUT2D eigenvalue weighted by atomic mass is 28.4. The van der Waals surface area contributed by atoms with E-state index < -0.39 is 14.3 Å². The molecule has 20 heavy (non-hydrogen) atoms. The summed E-state index contributed by atoms with van der Waals surface area (Å²) in [7, 11) is -0.617. The van der Waals surface area contributed by atoms with E-state index in [-0.39, 0.29) is 24.7 Å². The average molecular weight is 302 g/mol. The molecule has 6 heteroatoms. The minimum atomic E-state index is -1.92. The SMILES string of the molecule is COC(=O)/C=C(/CO[Si](C)(C)C(C)(C)C)OCCC=O. The lowest BCUT2D eigenvalue weighted by molar-refractivity contribution is -0.135. The largest absolute Gasteiger partial charge is 0.495 e. The summed E-state index contributed by atoms with van der Waals surface area (Å²) in [6.07, 6.45) is 2.31. The van der Waals surface area contributed by atoms with Crippen molar-refractivity contribution in [2.45, 2.75) is 45.3 Å². The van der Waals surface area contributed by atoms with Gasteiger partial charge in [-0.3, -0.25) is 0 Å². The molecular formula is C14H26O5Si. The summed E-state index contributed by atoms with van der Waals surface area (Å²) in [5.41, 5.74) is 0. The van der Waals surface area contributed by atoms with E-state index in [2.05, 4.69) is 38.6 Å². The van der Waals surface area contributed by atoms with Crippen molar-refractivity contribution in [2.24, 2.45) is 0 Å². The number of methoxy groups -OCH3 is 1. The number of esters is 1. The second-order valence-corrected chi connectivity index (χ2v) is 10.8. The lowest BCUT2D eigenvalue weighted by Crippen LogP contribution is -2.41. The van der Waals surface area contributed by atoms with Gasteiger partial charge in [0.1, 0.15) is 12.0 Å². The van der Waals surface area contributed by atoms with Crippen LogP contribution in [0.4, 0.5) is 0 Å². The fourth-order valence-electron chi connectivity index (χ4n) is 1.02. The van der Waals surface area contributed by atoms with Crippen LogP contribution in [-0.4, -0.2) is 40.9 Å². The van der Waals surface area contributed by atoms with E-state index in [1.165, 1.54) is 13.2 Å². The van der Waals surface area contributed by atoms with E-state index in [0.717, 1.165) is 6.29 Å². The van der Waals surface area contributed by atoms with Crippen LogP contribution in [0.1, 0.15) is 27.2 Å². The molecule has 0 saturated carbocycles. The standard InChI is InChI=1S/C14H26O5Si/c1-14(2,3)20(5,6)19-11-12(10-13(16)17-4)18-9-7-8-15/h8,10H,7,9,11H2,1-6H3/b12-10-. The predicted octanol–water partition coefficient (Wildman–Crippen LogP) is 2.67. The number of rotatable bonds is 8. The van der Waals surface area contributed by atoms with Gasteiger partial charge in [-0.1, -0.05) is 20.8 Å². The number of hydrogen-bond acceptors (Lipinski definition) is 5. The highest BCUT2D eigenvalue weighted by Crippen LogP contribution is 2.36. The summed E-state index contributed by atoms with van der Waals surface area (Å²) in [5.74, 6) is -0.103. The van der Waals surface area contributed by atoms with Crippen molar-refractivity contribution < 1.29 is 23.5 Å². The van der Waals surface area contributed by atoms with Crippen LogP contribution in [0, 0.1) is 0 Å². The molecule has 0 rings (SSSR count). The van der Waals surface area contributed by atoms with Gasteiger partial charge >= 0.3 is 5.97 Å². The quantitative estimate of drug-likeness (QED) is 0.172. The zero-order chi connectivity index (χ0) is 15.8. The van der Waals surface area contributed by atoms with Gasteiger partial charge < -0.3 is 18.7 Å². The topological polar surface area (TPSA) is 61.8 Å². The number of carbonyl (C=O) groups is 2. The molecule has 0 aromatic heterocycles. The molecule has 0 radical (unpaired) electrons. The summed E-state index contributed by atoms with van der Waals surface area (Å²) in [5, 5.41) is 0.0756. The fraction of sp³-hybridized carbons (Fsp3) is 0.714. The van der Waals surface area contributed by atoms with Crippen molar-refractivity contribution in [3.63, 3.8) is 0 Å². The normalized spacial score (nSPS) is 13.0. The van der Waals surface area contributed by atoms with Crippen molar-refractivity contribution in [3.8, 4) is 0 Å². The summed E-state index contributed by atoms with van der Waals surface area (Å²) < 4.78 is 15.9. The molecule has 0 aromatic carbocycles. The van der Waals surface area contributed by atoms with Gasteiger partial charge in [0.05, 0.1) is 26.4 Å². The molecule has 0 N–H and O–H groups in total. The predicted molar refractivity (Wildman–Crippen MR) is 79.9 cm³/mol. The van der Waals surface area contributed by atoms with Gasteiger partial charge in [0, 0.05) is 6.42 Å². The molecule has 0 saturated heterocycles. The zero-order valence-electron chi connectivity index (χ0n) is 13.3. The van der Waals surface area contributed by atoms with Gasteiger partial charge in [0.25, 0.3) is 0 Å². The second-order valence-electron chi connectivity index (χ2n) is 5.99. The summed E-state index contributed by atoms with van der Waals surface area (Å²) in [6.45, 7) is 11.1. The molecule has 0 heterocycles. The first-order chi connectivity index (χ1) is 9.14. The Morgan fingerprint density at radius 3 is 2.30 bits per heavy atom. The molecule has 0 bridgehead atoms. The highest BCUT2D eigenvalue weighted by molar-refractivity contribution is 6.74. The number of carbonyl (C=O) groups excluding carboxylic acids is 2. The van der Waals surface area contributed by atoms with Crippen LogP contribution >= 0.6 is 0 Å². The Hall–Kier alpha value is -1.14. The van der Waals surface area contributed by atoms with E-state index in [1.807, 2.05) is 0 Å². The third-order valence-corrected chi connectivity index (χ3v) is 7.86. The smallest absolute Gasteiger partial charge is 0.333 e. The monoisotopic (exact) mass is 302 g/mol. The molecule has 0 spiro atoms. The molecule has 0 aliphatic rings. The first-order valence-corrected chi connectivity index (χ1v) is 9.54. The van der Waals surface area contributed by atoms with Crippen LogP contribution < -0.4 is 0 Å².